The summed E-state index contributed by atoms with van der Waals surface area (Å²) in [6.07, 6.45) is -6.45. The van der Waals surface area contributed by atoms with Gasteiger partial charge in [0.05, 0.1) is 4.48 Å². The molecule has 0 N–H and O–H groups in total. The molecule has 10 heteroatoms. The molecule has 0 aromatic heterocycles. The smallest absolute Gasteiger partial charge is 0.455 e. The predicted octanol–water partition coefficient (Wildman–Crippen LogP) is 3.27. The molecule has 0 bridgehead atoms. The van der Waals surface area contributed by atoms with Crippen molar-refractivity contribution in [3.8, 4) is 0 Å². The van der Waals surface area contributed by atoms with Crippen molar-refractivity contribution >= 4 is 21.9 Å². The fourth-order valence-electron chi connectivity index (χ4n) is 0.532. The van der Waals surface area contributed by atoms with Crippen molar-refractivity contribution in [3.05, 3.63) is 11.1 Å². The quantitative estimate of drug-likeness (QED) is 0.448. The molecule has 17 heavy (non-hydrogen) atoms. The number of carbonyl (C=O) groups is 1. The lowest BCUT2D eigenvalue weighted by molar-refractivity contribution is -0.359. The van der Waals surface area contributed by atoms with Gasteiger partial charge in [-0.25, -0.2) is 4.79 Å². The molecule has 0 aromatic carbocycles. The van der Waals surface area contributed by atoms with Crippen molar-refractivity contribution in [2.45, 2.75) is 18.0 Å². The molecular formula is C7H4BrF7O2. The van der Waals surface area contributed by atoms with Crippen LogP contribution in [0.4, 0.5) is 30.7 Å². The van der Waals surface area contributed by atoms with Crippen LogP contribution in [0, 0.1) is 0 Å². The molecule has 0 radical (unpaired) electrons. The van der Waals surface area contributed by atoms with E-state index in [1.807, 2.05) is 0 Å². The van der Waals surface area contributed by atoms with Gasteiger partial charge < -0.3 is 4.74 Å². The fraction of sp³-hybridized carbons (Fsp3) is 0.571. The van der Waals surface area contributed by atoms with Crippen LogP contribution >= 0.6 is 15.9 Å². The van der Waals surface area contributed by atoms with Crippen LogP contribution in [-0.2, 0) is 9.53 Å². The Bertz CT molecular complexity index is 323. The Hall–Kier alpha value is -0.800. The number of alkyl halides is 7. The first-order valence-electron chi connectivity index (χ1n) is 3.67. The van der Waals surface area contributed by atoms with Crippen molar-refractivity contribution in [1.29, 1.82) is 0 Å². The topological polar surface area (TPSA) is 26.3 Å². The highest BCUT2D eigenvalue weighted by atomic mass is 79.9. The summed E-state index contributed by atoms with van der Waals surface area (Å²) in [6, 6.07) is 0. The molecule has 0 rings (SSSR count). The summed E-state index contributed by atoms with van der Waals surface area (Å²) in [7, 11) is 0. The molecule has 2 nitrogen and oxygen atoms in total. The Morgan fingerprint density at radius 2 is 1.53 bits per heavy atom. The SMILES string of the molecule is C=C(Br)C(=O)OCC(F)(F)C(F)(F)C(F)(F)F. The molecule has 0 aliphatic heterocycles. The van der Waals surface area contributed by atoms with Gasteiger partial charge in [0, 0.05) is 0 Å². The maximum Gasteiger partial charge on any atom is 0.460 e. The van der Waals surface area contributed by atoms with E-state index < -0.39 is 35.1 Å². The highest BCUT2D eigenvalue weighted by Crippen LogP contribution is 2.46. The van der Waals surface area contributed by atoms with E-state index in [0.717, 1.165) is 0 Å². The first kappa shape index (κ1) is 16.2. The first-order valence-corrected chi connectivity index (χ1v) is 4.46. The molecule has 0 aliphatic carbocycles. The van der Waals surface area contributed by atoms with Gasteiger partial charge in [-0.2, -0.15) is 30.7 Å². The largest absolute Gasteiger partial charge is 0.460 e. The number of hydrogen-bond acceptors (Lipinski definition) is 2. The minimum absolute atomic E-state index is 0.594. The highest BCUT2D eigenvalue weighted by Gasteiger charge is 2.73. The Balaban J connectivity index is 4.80. The summed E-state index contributed by atoms with van der Waals surface area (Å²) in [5.41, 5.74) is 0. The molecule has 0 spiro atoms. The van der Waals surface area contributed by atoms with Crippen LogP contribution in [0.3, 0.4) is 0 Å². The van der Waals surface area contributed by atoms with Crippen LogP contribution in [0.1, 0.15) is 0 Å². The Morgan fingerprint density at radius 1 is 1.12 bits per heavy atom. The van der Waals surface area contributed by atoms with E-state index in [-0.39, 0.29) is 0 Å². The number of ether oxygens (including phenoxy) is 1. The van der Waals surface area contributed by atoms with Crippen LogP contribution in [0.15, 0.2) is 11.1 Å². The summed E-state index contributed by atoms with van der Waals surface area (Å²) in [5, 5.41) is 0. The third-order valence-corrected chi connectivity index (χ3v) is 1.75. The van der Waals surface area contributed by atoms with Gasteiger partial charge in [0.1, 0.15) is 0 Å². The van der Waals surface area contributed by atoms with Crippen LogP contribution in [-0.4, -0.2) is 30.6 Å². The zero-order valence-electron chi connectivity index (χ0n) is 7.75. The monoisotopic (exact) mass is 332 g/mol. The number of esters is 1. The van der Waals surface area contributed by atoms with E-state index in [4.69, 9.17) is 0 Å². The van der Waals surface area contributed by atoms with E-state index >= 15 is 0 Å². The molecule has 0 aromatic rings. The number of halogens is 8. The Labute approximate surface area is 98.5 Å². The molecule has 0 heterocycles. The fourth-order valence-corrected chi connectivity index (χ4v) is 0.647. The molecule has 0 saturated carbocycles. The number of rotatable bonds is 4. The maximum absolute atomic E-state index is 12.5. The van der Waals surface area contributed by atoms with Crippen molar-refractivity contribution < 1.29 is 40.3 Å². The zero-order valence-corrected chi connectivity index (χ0v) is 9.34. The van der Waals surface area contributed by atoms with Crippen LogP contribution in [0.5, 0.6) is 0 Å². The normalized spacial score (nSPS) is 13.4. The molecule has 100 valence electrons. The van der Waals surface area contributed by atoms with Gasteiger partial charge in [0.15, 0.2) is 6.61 Å². The summed E-state index contributed by atoms with van der Waals surface area (Å²) in [5.74, 6) is -13.4. The molecule has 0 saturated heterocycles. The summed E-state index contributed by atoms with van der Waals surface area (Å²) < 4.78 is 87.4. The van der Waals surface area contributed by atoms with E-state index in [1.165, 1.54) is 0 Å². The van der Waals surface area contributed by atoms with Crippen molar-refractivity contribution in [1.82, 2.24) is 0 Å². The van der Waals surface area contributed by atoms with E-state index in [2.05, 4.69) is 27.2 Å². The van der Waals surface area contributed by atoms with Crippen molar-refractivity contribution in [2.24, 2.45) is 0 Å². The third kappa shape index (κ3) is 3.58. The summed E-state index contributed by atoms with van der Waals surface area (Å²) in [4.78, 5) is 10.5. The van der Waals surface area contributed by atoms with Gasteiger partial charge in [0.25, 0.3) is 0 Å². The van der Waals surface area contributed by atoms with Crippen LogP contribution in [0.2, 0.25) is 0 Å². The van der Waals surface area contributed by atoms with Gasteiger partial charge in [-0.05, 0) is 15.9 Å². The highest BCUT2D eigenvalue weighted by molar-refractivity contribution is 9.12. The molecule has 0 unspecified atom stereocenters. The summed E-state index contributed by atoms with van der Waals surface area (Å²) in [6.45, 7) is 0.440. The lowest BCUT2D eigenvalue weighted by Crippen LogP contribution is -2.54. The van der Waals surface area contributed by atoms with Crippen molar-refractivity contribution in [2.75, 3.05) is 6.61 Å². The van der Waals surface area contributed by atoms with E-state index in [0.29, 0.717) is 0 Å². The van der Waals surface area contributed by atoms with Gasteiger partial charge in [-0.1, -0.05) is 6.58 Å². The second-order valence-electron chi connectivity index (χ2n) is 2.76. The van der Waals surface area contributed by atoms with E-state index in [9.17, 15) is 35.5 Å². The standard InChI is InChI=1S/C7H4BrF7O2/c1-3(8)4(16)17-2-5(9,10)6(11,12)7(13,14)15/h1-2H2. The molecule has 0 fully saturated rings. The van der Waals surface area contributed by atoms with E-state index in [1.54, 1.807) is 0 Å². The average molecular weight is 333 g/mol. The predicted molar refractivity (Wildman–Crippen MR) is 45.0 cm³/mol. The van der Waals surface area contributed by atoms with Crippen LogP contribution in [0.25, 0.3) is 0 Å². The number of hydrogen-bond donors (Lipinski definition) is 0. The summed E-state index contributed by atoms with van der Waals surface area (Å²) >= 11 is 2.37. The average Bonchev–Trinajstić information content (AvgIpc) is 2.11. The van der Waals surface area contributed by atoms with Crippen molar-refractivity contribution in [3.63, 3.8) is 0 Å². The van der Waals surface area contributed by atoms with Crippen LogP contribution < -0.4 is 0 Å². The third-order valence-electron chi connectivity index (χ3n) is 1.42. The van der Waals surface area contributed by atoms with Gasteiger partial charge in [-0.15, -0.1) is 0 Å². The lowest BCUT2D eigenvalue weighted by Gasteiger charge is -2.27. The van der Waals surface area contributed by atoms with Gasteiger partial charge >= 0.3 is 24.0 Å². The Morgan fingerprint density at radius 3 is 1.82 bits per heavy atom. The second kappa shape index (κ2) is 4.83. The second-order valence-corrected chi connectivity index (χ2v) is 3.71. The first-order chi connectivity index (χ1) is 7.33. The molecule has 0 aliphatic rings. The lowest BCUT2D eigenvalue weighted by atomic mass is 10.2. The molecular weight excluding hydrogens is 329 g/mol. The zero-order chi connectivity index (χ0) is 14.1. The number of carbonyl (C=O) groups excluding carboxylic acids is 1. The molecule has 0 atom stereocenters. The molecule has 0 amide bonds. The van der Waals surface area contributed by atoms with Gasteiger partial charge in [0.2, 0.25) is 0 Å². The maximum atomic E-state index is 12.5. The minimum Gasteiger partial charge on any atom is -0.455 e. The minimum atomic E-state index is -6.45. The Kier molecular flexibility index (Phi) is 4.60. The van der Waals surface area contributed by atoms with Gasteiger partial charge in [-0.3, -0.25) is 0 Å².